The molecule has 24 heavy (non-hydrogen) atoms. The van der Waals surface area contributed by atoms with Crippen LogP contribution in [0.2, 0.25) is 0 Å². The minimum Gasteiger partial charge on any atom is -0.491 e. The molecule has 3 aromatic rings. The van der Waals surface area contributed by atoms with Crippen molar-refractivity contribution in [1.82, 2.24) is 4.57 Å². The van der Waals surface area contributed by atoms with E-state index < -0.39 is 0 Å². The van der Waals surface area contributed by atoms with E-state index in [2.05, 4.69) is 6.07 Å². The molecule has 3 rings (SSSR count). The first kappa shape index (κ1) is 15.6. The summed E-state index contributed by atoms with van der Waals surface area (Å²) in [4.78, 5) is 12.2. The number of pyridine rings is 1. The Morgan fingerprint density at radius 1 is 1.04 bits per heavy atom. The van der Waals surface area contributed by atoms with Crippen molar-refractivity contribution in [3.63, 3.8) is 0 Å². The van der Waals surface area contributed by atoms with E-state index in [1.165, 1.54) is 7.11 Å². The second-order valence-electron chi connectivity index (χ2n) is 5.40. The molecule has 1 heterocycles. The highest BCUT2D eigenvalue weighted by Gasteiger charge is 2.04. The van der Waals surface area contributed by atoms with Crippen LogP contribution in [-0.2, 0) is 6.54 Å². The fourth-order valence-electron chi connectivity index (χ4n) is 2.56. The lowest BCUT2D eigenvalue weighted by molar-refractivity contribution is 0.403. The first-order chi connectivity index (χ1) is 11.7. The molecule has 4 nitrogen and oxygen atoms in total. The summed E-state index contributed by atoms with van der Waals surface area (Å²) in [6.07, 6.45) is 1.75. The minimum atomic E-state index is -0.147. The number of nitriles is 1. The van der Waals surface area contributed by atoms with Crippen molar-refractivity contribution in [2.24, 2.45) is 0 Å². The van der Waals surface area contributed by atoms with Gasteiger partial charge in [0.05, 0.1) is 25.3 Å². The van der Waals surface area contributed by atoms with Gasteiger partial charge in [-0.3, -0.25) is 4.79 Å². The molecule has 0 amide bonds. The van der Waals surface area contributed by atoms with E-state index in [1.54, 1.807) is 29.0 Å². The molecule has 0 unspecified atom stereocenters. The molecule has 0 aliphatic carbocycles. The summed E-state index contributed by atoms with van der Waals surface area (Å²) in [6.45, 7) is 0.481. The Morgan fingerprint density at radius 2 is 1.83 bits per heavy atom. The van der Waals surface area contributed by atoms with Gasteiger partial charge in [-0.05, 0) is 41.0 Å². The number of benzene rings is 2. The molecule has 0 aliphatic rings. The molecule has 1 aromatic heterocycles. The lowest BCUT2D eigenvalue weighted by Crippen LogP contribution is -2.20. The predicted octanol–water partition coefficient (Wildman–Crippen LogP) is 3.44. The third kappa shape index (κ3) is 3.21. The summed E-state index contributed by atoms with van der Waals surface area (Å²) in [7, 11) is 1.49. The molecule has 0 N–H and O–H groups in total. The molecule has 0 atom stereocenters. The van der Waals surface area contributed by atoms with Crippen LogP contribution in [0.5, 0.6) is 5.75 Å². The predicted molar refractivity (Wildman–Crippen MR) is 92.9 cm³/mol. The molecular weight excluding hydrogens is 300 g/mol. The Labute approximate surface area is 140 Å². The van der Waals surface area contributed by atoms with E-state index in [0.717, 1.165) is 16.7 Å². The van der Waals surface area contributed by atoms with Crippen LogP contribution < -0.4 is 10.3 Å². The second-order valence-corrected chi connectivity index (χ2v) is 5.40. The maximum absolute atomic E-state index is 12.2. The molecule has 0 saturated heterocycles. The molecule has 118 valence electrons. The maximum atomic E-state index is 12.2. The molecule has 4 heteroatoms. The standard InChI is InChI=1S/C20H16N2O2/c1-24-19-6-3-11-22(20(19)23)14-15-7-9-17(10-8-15)18-5-2-4-16(12-18)13-21/h2-12H,14H2,1H3. The van der Waals surface area contributed by atoms with Crippen molar-refractivity contribution in [2.75, 3.05) is 7.11 Å². The number of nitrogens with zero attached hydrogens (tertiary/aromatic N) is 2. The van der Waals surface area contributed by atoms with Crippen LogP contribution in [0, 0.1) is 11.3 Å². The average Bonchev–Trinajstić information content (AvgIpc) is 2.64. The highest BCUT2D eigenvalue weighted by Crippen LogP contribution is 2.21. The summed E-state index contributed by atoms with van der Waals surface area (Å²) in [5, 5.41) is 8.99. The molecule has 0 spiro atoms. The molecule has 0 fully saturated rings. The van der Waals surface area contributed by atoms with Crippen LogP contribution in [0.25, 0.3) is 11.1 Å². The number of aromatic nitrogens is 1. The van der Waals surface area contributed by atoms with Gasteiger partial charge in [0.25, 0.3) is 5.56 Å². The van der Waals surface area contributed by atoms with Gasteiger partial charge in [0.15, 0.2) is 5.75 Å². The zero-order chi connectivity index (χ0) is 16.9. The summed E-state index contributed by atoms with van der Waals surface area (Å²) in [5.74, 6) is 0.336. The third-order valence-electron chi connectivity index (χ3n) is 3.84. The lowest BCUT2D eigenvalue weighted by atomic mass is 10.0. The zero-order valence-electron chi connectivity index (χ0n) is 13.3. The first-order valence-corrected chi connectivity index (χ1v) is 7.54. The van der Waals surface area contributed by atoms with Crippen molar-refractivity contribution in [3.8, 4) is 22.9 Å². The Balaban J connectivity index is 1.85. The number of rotatable bonds is 4. The molecule has 0 bridgehead atoms. The molecule has 0 saturated carbocycles. The first-order valence-electron chi connectivity index (χ1n) is 7.54. The van der Waals surface area contributed by atoms with Crippen molar-refractivity contribution in [3.05, 3.63) is 88.3 Å². The van der Waals surface area contributed by atoms with E-state index in [0.29, 0.717) is 17.9 Å². The lowest BCUT2D eigenvalue weighted by Gasteiger charge is -2.09. The Bertz CT molecular complexity index is 950. The normalized spacial score (nSPS) is 10.2. The average molecular weight is 316 g/mol. The summed E-state index contributed by atoms with van der Waals surface area (Å²) in [5.41, 5.74) is 3.55. The van der Waals surface area contributed by atoms with E-state index in [1.807, 2.05) is 42.5 Å². The highest BCUT2D eigenvalue weighted by molar-refractivity contribution is 5.65. The van der Waals surface area contributed by atoms with Gasteiger partial charge in [-0.25, -0.2) is 0 Å². The monoisotopic (exact) mass is 316 g/mol. The summed E-state index contributed by atoms with van der Waals surface area (Å²) >= 11 is 0. The van der Waals surface area contributed by atoms with Gasteiger partial charge in [0, 0.05) is 6.20 Å². The van der Waals surface area contributed by atoms with Crippen LogP contribution in [0.15, 0.2) is 71.7 Å². The highest BCUT2D eigenvalue weighted by atomic mass is 16.5. The van der Waals surface area contributed by atoms with Crippen LogP contribution in [-0.4, -0.2) is 11.7 Å². The van der Waals surface area contributed by atoms with E-state index in [-0.39, 0.29) is 5.56 Å². The second kappa shape index (κ2) is 6.84. The topological polar surface area (TPSA) is 55.0 Å². The number of ether oxygens (including phenoxy) is 1. The Morgan fingerprint density at radius 3 is 2.54 bits per heavy atom. The Kier molecular flexibility index (Phi) is 4.44. The van der Waals surface area contributed by atoms with Crippen LogP contribution in [0.4, 0.5) is 0 Å². The van der Waals surface area contributed by atoms with Crippen molar-refractivity contribution in [2.45, 2.75) is 6.54 Å². The molecule has 2 aromatic carbocycles. The summed E-state index contributed by atoms with van der Waals surface area (Å²) in [6, 6.07) is 21.1. The van der Waals surface area contributed by atoms with E-state index in [9.17, 15) is 4.79 Å². The molecule has 0 aliphatic heterocycles. The van der Waals surface area contributed by atoms with Gasteiger partial charge in [0.2, 0.25) is 0 Å². The van der Waals surface area contributed by atoms with Gasteiger partial charge >= 0.3 is 0 Å². The van der Waals surface area contributed by atoms with Gasteiger partial charge in [-0.1, -0.05) is 36.4 Å². The van der Waals surface area contributed by atoms with Gasteiger partial charge < -0.3 is 9.30 Å². The quantitative estimate of drug-likeness (QED) is 0.741. The fourth-order valence-corrected chi connectivity index (χ4v) is 2.56. The number of hydrogen-bond acceptors (Lipinski definition) is 3. The Hall–Kier alpha value is -3.32. The number of hydrogen-bond donors (Lipinski definition) is 0. The number of methoxy groups -OCH3 is 1. The van der Waals surface area contributed by atoms with Crippen molar-refractivity contribution >= 4 is 0 Å². The van der Waals surface area contributed by atoms with Gasteiger partial charge in [-0.15, -0.1) is 0 Å². The third-order valence-corrected chi connectivity index (χ3v) is 3.84. The van der Waals surface area contributed by atoms with Gasteiger partial charge in [-0.2, -0.15) is 5.26 Å². The van der Waals surface area contributed by atoms with Crippen LogP contribution in [0.3, 0.4) is 0 Å². The minimum absolute atomic E-state index is 0.147. The SMILES string of the molecule is COc1cccn(Cc2ccc(-c3cccc(C#N)c3)cc2)c1=O. The van der Waals surface area contributed by atoms with Crippen LogP contribution >= 0.6 is 0 Å². The largest absolute Gasteiger partial charge is 0.491 e. The van der Waals surface area contributed by atoms with Crippen molar-refractivity contribution < 1.29 is 4.74 Å². The van der Waals surface area contributed by atoms with Crippen LogP contribution in [0.1, 0.15) is 11.1 Å². The molecular formula is C20H16N2O2. The zero-order valence-corrected chi connectivity index (χ0v) is 13.3. The summed E-state index contributed by atoms with van der Waals surface area (Å²) < 4.78 is 6.68. The van der Waals surface area contributed by atoms with Crippen molar-refractivity contribution in [1.29, 1.82) is 5.26 Å². The smallest absolute Gasteiger partial charge is 0.293 e. The maximum Gasteiger partial charge on any atom is 0.293 e. The van der Waals surface area contributed by atoms with E-state index >= 15 is 0 Å². The van der Waals surface area contributed by atoms with Gasteiger partial charge in [0.1, 0.15) is 0 Å². The molecule has 0 radical (unpaired) electrons. The van der Waals surface area contributed by atoms with E-state index in [4.69, 9.17) is 10.00 Å². The fraction of sp³-hybridized carbons (Fsp3) is 0.100.